The van der Waals surface area contributed by atoms with Crippen LogP contribution in [0.4, 0.5) is 22.0 Å². The molecule has 0 aromatic carbocycles. The van der Waals surface area contributed by atoms with Crippen molar-refractivity contribution in [3.63, 3.8) is 0 Å². The number of halogens is 7. The van der Waals surface area contributed by atoms with Gasteiger partial charge in [-0.05, 0) is 0 Å². The molecule has 1 unspecified atom stereocenters. The van der Waals surface area contributed by atoms with E-state index in [2.05, 4.69) is 15.9 Å². The van der Waals surface area contributed by atoms with Gasteiger partial charge in [-0.3, -0.25) is 0 Å². The van der Waals surface area contributed by atoms with E-state index in [9.17, 15) is 22.0 Å². The Morgan fingerprint density at radius 2 is 1.40 bits per heavy atom. The molecule has 0 fully saturated rings. The topological polar surface area (TPSA) is 0 Å². The summed E-state index contributed by atoms with van der Waals surface area (Å²) in [7, 11) is 0. The van der Waals surface area contributed by atoms with Crippen molar-refractivity contribution in [3.05, 3.63) is 0 Å². The van der Waals surface area contributed by atoms with Gasteiger partial charge in [0.25, 0.3) is 0 Å². The SMILES string of the molecule is FC(F)(F)C(F)(F)C(Br)I. The molecular formula is C3HBrF5I. The van der Waals surface area contributed by atoms with Crippen LogP contribution in [0.2, 0.25) is 0 Å². The summed E-state index contributed by atoms with van der Waals surface area (Å²) in [5.41, 5.74) is 0. The van der Waals surface area contributed by atoms with Crippen molar-refractivity contribution >= 4 is 38.5 Å². The number of hydrogen-bond donors (Lipinski definition) is 0. The van der Waals surface area contributed by atoms with Gasteiger partial charge in [0.15, 0.2) is 0 Å². The highest BCUT2D eigenvalue weighted by Gasteiger charge is 2.61. The molecule has 0 bridgehead atoms. The van der Waals surface area contributed by atoms with Crippen LogP contribution in [0.3, 0.4) is 0 Å². The second-order valence-corrected chi connectivity index (χ2v) is 5.29. The van der Waals surface area contributed by atoms with E-state index in [0.29, 0.717) is 0 Å². The molecule has 0 nitrogen and oxygen atoms in total. The third kappa shape index (κ3) is 2.18. The van der Waals surface area contributed by atoms with Gasteiger partial charge >= 0.3 is 12.1 Å². The fourth-order valence-corrected chi connectivity index (χ4v) is 0.736. The summed E-state index contributed by atoms with van der Waals surface area (Å²) in [6, 6.07) is 0. The second-order valence-electron chi connectivity index (χ2n) is 1.42. The quantitative estimate of drug-likeness (QED) is 0.391. The minimum atomic E-state index is -5.47. The Kier molecular flexibility index (Phi) is 3.34. The third-order valence-electron chi connectivity index (χ3n) is 0.652. The summed E-state index contributed by atoms with van der Waals surface area (Å²) in [5, 5.41) is 0. The van der Waals surface area contributed by atoms with Gasteiger partial charge in [0.1, 0.15) is 2.83 Å². The molecule has 0 radical (unpaired) electrons. The lowest BCUT2D eigenvalue weighted by Crippen LogP contribution is -2.41. The summed E-state index contributed by atoms with van der Waals surface area (Å²) in [5.74, 6) is -4.66. The van der Waals surface area contributed by atoms with Gasteiger partial charge in [0.2, 0.25) is 0 Å². The first-order valence-electron chi connectivity index (χ1n) is 1.92. The van der Waals surface area contributed by atoms with Crippen LogP contribution < -0.4 is 0 Å². The number of hydrogen-bond acceptors (Lipinski definition) is 0. The maximum Gasteiger partial charge on any atom is 0.455 e. The molecule has 7 heteroatoms. The molecule has 0 aliphatic carbocycles. The van der Waals surface area contributed by atoms with Crippen molar-refractivity contribution in [2.24, 2.45) is 0 Å². The van der Waals surface area contributed by atoms with Crippen molar-refractivity contribution < 1.29 is 22.0 Å². The van der Waals surface area contributed by atoms with E-state index in [-0.39, 0.29) is 0 Å². The van der Waals surface area contributed by atoms with Crippen molar-refractivity contribution in [1.82, 2.24) is 0 Å². The predicted octanol–water partition coefficient (Wildman–Crippen LogP) is 3.34. The summed E-state index contributed by atoms with van der Waals surface area (Å²) in [6.45, 7) is 0. The monoisotopic (exact) mass is 338 g/mol. The fourth-order valence-electron chi connectivity index (χ4n) is 0.124. The highest BCUT2D eigenvalue weighted by molar-refractivity contribution is 14.1. The minimum absolute atomic E-state index is 0.957. The second kappa shape index (κ2) is 3.08. The Labute approximate surface area is 75.4 Å². The first kappa shape index (κ1) is 10.9. The van der Waals surface area contributed by atoms with E-state index in [1.54, 1.807) is 0 Å². The van der Waals surface area contributed by atoms with Crippen molar-refractivity contribution in [2.45, 2.75) is 14.9 Å². The average Bonchev–Trinajstić information content (AvgIpc) is 1.62. The molecular weight excluding hydrogens is 338 g/mol. The van der Waals surface area contributed by atoms with E-state index in [0.717, 1.165) is 22.6 Å². The zero-order valence-corrected chi connectivity index (χ0v) is 7.97. The van der Waals surface area contributed by atoms with Gasteiger partial charge in [0, 0.05) is 0 Å². The zero-order valence-electron chi connectivity index (χ0n) is 4.22. The molecule has 0 aliphatic heterocycles. The van der Waals surface area contributed by atoms with Crippen LogP contribution in [0, 0.1) is 0 Å². The lowest BCUT2D eigenvalue weighted by Gasteiger charge is -2.20. The molecule has 0 rings (SSSR count). The van der Waals surface area contributed by atoms with Gasteiger partial charge < -0.3 is 0 Å². The maximum atomic E-state index is 11.9. The molecule has 0 heterocycles. The summed E-state index contributed by atoms with van der Waals surface area (Å²) in [4.78, 5) is 0. The highest BCUT2D eigenvalue weighted by Crippen LogP contribution is 2.43. The first-order valence-corrected chi connectivity index (χ1v) is 4.08. The number of rotatable bonds is 1. The average molecular weight is 339 g/mol. The molecule has 10 heavy (non-hydrogen) atoms. The molecule has 0 N–H and O–H groups in total. The minimum Gasteiger partial charge on any atom is -0.194 e. The Morgan fingerprint density at radius 1 is 1.10 bits per heavy atom. The molecule has 0 aromatic rings. The van der Waals surface area contributed by atoms with Crippen molar-refractivity contribution in [2.75, 3.05) is 0 Å². The Morgan fingerprint density at radius 3 is 1.40 bits per heavy atom. The van der Waals surface area contributed by atoms with Crippen molar-refractivity contribution in [3.8, 4) is 0 Å². The van der Waals surface area contributed by atoms with Gasteiger partial charge in [0.05, 0.1) is 0 Å². The Hall–Kier alpha value is 0.860. The van der Waals surface area contributed by atoms with Crippen LogP contribution in [-0.4, -0.2) is 14.9 Å². The van der Waals surface area contributed by atoms with E-state index < -0.39 is 14.9 Å². The summed E-state index contributed by atoms with van der Waals surface area (Å²) in [6.07, 6.45) is -5.47. The van der Waals surface area contributed by atoms with Gasteiger partial charge in [-0.15, -0.1) is 0 Å². The van der Waals surface area contributed by atoms with E-state index in [1.165, 1.54) is 0 Å². The molecule has 62 valence electrons. The van der Waals surface area contributed by atoms with E-state index in [4.69, 9.17) is 0 Å². The summed E-state index contributed by atoms with van der Waals surface area (Å²) >= 11 is 3.11. The van der Waals surface area contributed by atoms with E-state index >= 15 is 0 Å². The molecule has 0 saturated heterocycles. The Bertz CT molecular complexity index is 119. The highest BCUT2D eigenvalue weighted by atomic mass is 127. The molecule has 0 amide bonds. The van der Waals surface area contributed by atoms with Crippen molar-refractivity contribution in [1.29, 1.82) is 0 Å². The molecule has 0 aromatic heterocycles. The molecule has 0 saturated carbocycles. The van der Waals surface area contributed by atoms with Crippen LogP contribution in [0.15, 0.2) is 0 Å². The third-order valence-corrected chi connectivity index (χ3v) is 2.01. The fraction of sp³-hybridized carbons (Fsp3) is 1.00. The van der Waals surface area contributed by atoms with Crippen LogP contribution in [0.5, 0.6) is 0 Å². The molecule has 0 spiro atoms. The lowest BCUT2D eigenvalue weighted by molar-refractivity contribution is -0.272. The standard InChI is InChI=1S/C3HBrF5I/c4-1(10)2(5,6)3(7,8)9/h1H. The predicted molar refractivity (Wildman–Crippen MR) is 37.7 cm³/mol. The van der Waals surface area contributed by atoms with Gasteiger partial charge in [-0.2, -0.15) is 22.0 Å². The normalized spacial score (nSPS) is 17.1. The van der Waals surface area contributed by atoms with Gasteiger partial charge in [-0.25, -0.2) is 0 Å². The molecule has 0 aliphatic rings. The van der Waals surface area contributed by atoms with E-state index in [1.807, 2.05) is 0 Å². The molecule has 1 atom stereocenters. The smallest absolute Gasteiger partial charge is 0.194 e. The maximum absolute atomic E-state index is 11.9. The van der Waals surface area contributed by atoms with Crippen LogP contribution in [-0.2, 0) is 0 Å². The zero-order chi connectivity index (χ0) is 8.58. The van der Waals surface area contributed by atoms with Crippen LogP contribution in [0.1, 0.15) is 0 Å². The first-order chi connectivity index (χ1) is 4.19. The van der Waals surface area contributed by atoms with Gasteiger partial charge in [-0.1, -0.05) is 38.5 Å². The summed E-state index contributed by atoms with van der Waals surface area (Å²) < 4.78 is 55.7. The van der Waals surface area contributed by atoms with Crippen LogP contribution in [0.25, 0.3) is 0 Å². The number of alkyl halides is 7. The lowest BCUT2D eigenvalue weighted by atomic mass is 10.4. The Balaban J connectivity index is 4.40. The van der Waals surface area contributed by atoms with Crippen LogP contribution >= 0.6 is 38.5 Å². The largest absolute Gasteiger partial charge is 0.455 e.